The van der Waals surface area contributed by atoms with E-state index in [1.807, 2.05) is 6.92 Å². The first-order valence-electron chi connectivity index (χ1n) is 10.1. The molecule has 0 bridgehead atoms. The van der Waals surface area contributed by atoms with E-state index in [2.05, 4.69) is 4.99 Å². The van der Waals surface area contributed by atoms with E-state index in [4.69, 9.17) is 9.47 Å². The first kappa shape index (κ1) is 26.5. The van der Waals surface area contributed by atoms with Crippen molar-refractivity contribution in [2.24, 2.45) is 4.99 Å². The molecular formula is C23H20F6N2O3S. The lowest BCUT2D eigenvalue weighted by Gasteiger charge is -2.17. The van der Waals surface area contributed by atoms with Gasteiger partial charge in [0, 0.05) is 19.2 Å². The molecular weight excluding hydrogens is 498 g/mol. The van der Waals surface area contributed by atoms with Crippen LogP contribution in [0.1, 0.15) is 29.2 Å². The molecule has 5 nitrogen and oxygen atoms in total. The van der Waals surface area contributed by atoms with Gasteiger partial charge in [-0.1, -0.05) is 12.1 Å². The predicted molar refractivity (Wildman–Crippen MR) is 120 cm³/mol. The van der Waals surface area contributed by atoms with Crippen LogP contribution in [0.3, 0.4) is 0 Å². The molecule has 1 fully saturated rings. The quantitative estimate of drug-likeness (QED) is 0.392. The highest BCUT2D eigenvalue weighted by Crippen LogP contribution is 2.39. The second kappa shape index (κ2) is 10.2. The van der Waals surface area contributed by atoms with Crippen LogP contribution in [-0.2, 0) is 19.0 Å². The molecule has 12 heteroatoms. The lowest BCUT2D eigenvalue weighted by molar-refractivity contribution is -0.143. The fourth-order valence-corrected chi connectivity index (χ4v) is 4.36. The number of benzene rings is 2. The largest absolute Gasteiger partial charge is 0.493 e. The van der Waals surface area contributed by atoms with Crippen molar-refractivity contribution in [1.29, 1.82) is 0 Å². The molecule has 3 rings (SSSR count). The number of alkyl halides is 6. The van der Waals surface area contributed by atoms with Crippen LogP contribution in [0.15, 0.2) is 46.3 Å². The van der Waals surface area contributed by atoms with Gasteiger partial charge >= 0.3 is 12.4 Å². The molecule has 0 aromatic heterocycles. The van der Waals surface area contributed by atoms with Gasteiger partial charge in [0.15, 0.2) is 11.5 Å². The molecule has 0 atom stereocenters. The molecule has 35 heavy (non-hydrogen) atoms. The van der Waals surface area contributed by atoms with Crippen molar-refractivity contribution >= 4 is 28.9 Å². The Bertz CT molecular complexity index is 1170. The van der Waals surface area contributed by atoms with E-state index >= 15 is 0 Å². The summed E-state index contributed by atoms with van der Waals surface area (Å²) in [5, 5.41) is -0.164. The van der Waals surface area contributed by atoms with Crippen LogP contribution in [0.5, 0.6) is 11.5 Å². The van der Waals surface area contributed by atoms with Crippen LogP contribution in [0, 0.1) is 0 Å². The standard InChI is InChI=1S/C23H20F6N2O3S/c1-4-31-20(30-2)19(35-21(31)32)10-13-5-8-17(18(9-13)33-3)34-12-14-6-7-15(22(24,25)26)11-16(14)23(27,28)29/h5-11H,4,12H2,1-3H3/b19-10-,30-20+. The van der Waals surface area contributed by atoms with Gasteiger partial charge in [0.2, 0.25) is 0 Å². The highest BCUT2D eigenvalue weighted by molar-refractivity contribution is 8.18. The van der Waals surface area contributed by atoms with Crippen molar-refractivity contribution in [3.05, 3.63) is 63.6 Å². The van der Waals surface area contributed by atoms with Gasteiger partial charge < -0.3 is 9.47 Å². The van der Waals surface area contributed by atoms with E-state index in [0.29, 0.717) is 28.9 Å². The number of hydrogen-bond donors (Lipinski definition) is 0. The Kier molecular flexibility index (Phi) is 7.73. The summed E-state index contributed by atoms with van der Waals surface area (Å²) in [6.07, 6.45) is -8.20. The van der Waals surface area contributed by atoms with Crippen molar-refractivity contribution in [3.63, 3.8) is 0 Å². The summed E-state index contributed by atoms with van der Waals surface area (Å²) < 4.78 is 89.5. The first-order valence-corrected chi connectivity index (χ1v) is 11.0. The highest BCUT2D eigenvalue weighted by atomic mass is 32.2. The number of hydrogen-bond acceptors (Lipinski definition) is 5. The molecule has 1 amide bonds. The Balaban J connectivity index is 1.86. The number of amidine groups is 1. The molecule has 1 heterocycles. The number of carbonyl (C=O) groups is 1. The maximum Gasteiger partial charge on any atom is 0.416 e. The number of likely N-dealkylation sites (N-methyl/N-ethyl adjacent to an activating group) is 1. The van der Waals surface area contributed by atoms with Crippen LogP contribution in [0.2, 0.25) is 0 Å². The summed E-state index contributed by atoms with van der Waals surface area (Å²) in [5.74, 6) is 0.803. The average Bonchev–Trinajstić information content (AvgIpc) is 3.10. The van der Waals surface area contributed by atoms with Crippen molar-refractivity contribution in [2.45, 2.75) is 25.9 Å². The van der Waals surface area contributed by atoms with Crippen molar-refractivity contribution in [3.8, 4) is 11.5 Å². The Labute approximate surface area is 201 Å². The Hall–Kier alpha value is -3.15. The zero-order valence-corrected chi connectivity index (χ0v) is 19.6. The minimum Gasteiger partial charge on any atom is -0.493 e. The fraction of sp³-hybridized carbons (Fsp3) is 0.304. The molecule has 2 aromatic rings. The van der Waals surface area contributed by atoms with Crippen molar-refractivity contribution in [1.82, 2.24) is 4.90 Å². The van der Waals surface area contributed by atoms with Crippen LogP contribution in [-0.4, -0.2) is 36.7 Å². The van der Waals surface area contributed by atoms with Crippen molar-refractivity contribution < 1.29 is 40.6 Å². The maximum atomic E-state index is 13.4. The number of rotatable bonds is 6. The number of thioether (sulfide) groups is 1. The third kappa shape index (κ3) is 5.92. The molecule has 0 spiro atoms. The SMILES string of the molecule is CCN1C(=O)SC(=C\c2ccc(OCc3ccc(C(F)(F)F)cc3C(F)(F)F)c(OC)c2)/C1=N\C. The van der Waals surface area contributed by atoms with Gasteiger partial charge in [0.1, 0.15) is 12.4 Å². The van der Waals surface area contributed by atoms with Gasteiger partial charge in [0.05, 0.1) is 23.1 Å². The number of methoxy groups -OCH3 is 1. The summed E-state index contributed by atoms with van der Waals surface area (Å²) in [4.78, 5) is 18.4. The summed E-state index contributed by atoms with van der Waals surface area (Å²) in [6.45, 7) is 1.64. The topological polar surface area (TPSA) is 51.1 Å². The molecule has 2 aromatic carbocycles. The number of nitrogens with zero attached hydrogens (tertiary/aromatic N) is 2. The number of ether oxygens (including phenoxy) is 2. The average molecular weight is 518 g/mol. The molecule has 0 unspecified atom stereocenters. The number of halogens is 6. The van der Waals surface area contributed by atoms with Gasteiger partial charge in [-0.2, -0.15) is 26.3 Å². The molecule has 0 N–H and O–H groups in total. The zero-order valence-electron chi connectivity index (χ0n) is 18.8. The summed E-state index contributed by atoms with van der Waals surface area (Å²) in [7, 11) is 2.91. The molecule has 1 aliphatic rings. The normalized spacial score (nSPS) is 16.9. The van der Waals surface area contributed by atoms with E-state index in [-0.39, 0.29) is 22.8 Å². The number of aliphatic imine (C=N–C) groups is 1. The summed E-state index contributed by atoms with van der Waals surface area (Å²) in [5.41, 5.74) is -2.66. The number of amides is 1. The minimum absolute atomic E-state index is 0.0677. The van der Waals surface area contributed by atoms with Crippen LogP contribution >= 0.6 is 11.8 Å². The Morgan fingerprint density at radius 1 is 1.03 bits per heavy atom. The fourth-order valence-electron chi connectivity index (χ4n) is 3.36. The van der Waals surface area contributed by atoms with Gasteiger partial charge in [-0.25, -0.2) is 0 Å². The second-order valence-electron chi connectivity index (χ2n) is 7.23. The van der Waals surface area contributed by atoms with Gasteiger partial charge in [-0.3, -0.25) is 14.7 Å². The third-order valence-corrected chi connectivity index (χ3v) is 5.95. The third-order valence-electron chi connectivity index (χ3n) is 5.03. The lowest BCUT2D eigenvalue weighted by atomic mass is 10.0. The molecule has 1 aliphatic heterocycles. The minimum atomic E-state index is -5.00. The first-order chi connectivity index (χ1) is 16.4. The van der Waals surface area contributed by atoms with Gasteiger partial charge in [-0.05, 0) is 54.6 Å². The van der Waals surface area contributed by atoms with E-state index in [9.17, 15) is 31.1 Å². The Morgan fingerprint density at radius 3 is 2.31 bits per heavy atom. The maximum absolute atomic E-state index is 13.4. The smallest absolute Gasteiger partial charge is 0.416 e. The second-order valence-corrected chi connectivity index (χ2v) is 8.23. The van der Waals surface area contributed by atoms with Crippen molar-refractivity contribution in [2.75, 3.05) is 20.7 Å². The monoisotopic (exact) mass is 518 g/mol. The van der Waals surface area contributed by atoms with E-state index < -0.39 is 35.6 Å². The molecule has 0 aliphatic carbocycles. The van der Waals surface area contributed by atoms with Gasteiger partial charge in [-0.15, -0.1) is 0 Å². The molecule has 188 valence electrons. The van der Waals surface area contributed by atoms with Crippen LogP contribution in [0.4, 0.5) is 31.1 Å². The highest BCUT2D eigenvalue weighted by Gasteiger charge is 2.38. The van der Waals surface area contributed by atoms with Gasteiger partial charge in [0.25, 0.3) is 5.24 Å². The predicted octanol–water partition coefficient (Wildman–Crippen LogP) is 6.87. The lowest BCUT2D eigenvalue weighted by Crippen LogP contribution is -2.27. The molecule has 0 saturated carbocycles. The molecule has 1 saturated heterocycles. The van der Waals surface area contributed by atoms with Crippen LogP contribution < -0.4 is 9.47 Å². The van der Waals surface area contributed by atoms with Crippen LogP contribution in [0.25, 0.3) is 6.08 Å². The molecule has 0 radical (unpaired) electrons. The zero-order chi connectivity index (χ0) is 26.0. The summed E-state index contributed by atoms with van der Waals surface area (Å²) >= 11 is 1.02. The van der Waals surface area contributed by atoms with E-state index in [1.54, 1.807) is 25.3 Å². The Morgan fingerprint density at radius 2 is 1.74 bits per heavy atom. The van der Waals surface area contributed by atoms with E-state index in [1.165, 1.54) is 18.1 Å². The number of carbonyl (C=O) groups excluding carboxylic acids is 1. The summed E-state index contributed by atoms with van der Waals surface area (Å²) in [6, 6.07) is 6.02. The van der Waals surface area contributed by atoms with E-state index in [0.717, 1.165) is 17.8 Å².